The Kier molecular flexibility index (Phi) is 5.11. The lowest BCUT2D eigenvalue weighted by atomic mass is 10.1. The first-order chi connectivity index (χ1) is 12.4. The van der Waals surface area contributed by atoms with Crippen molar-refractivity contribution in [3.8, 4) is 0 Å². The van der Waals surface area contributed by atoms with Gasteiger partial charge in [0, 0.05) is 13.0 Å². The molecule has 0 fully saturated rings. The van der Waals surface area contributed by atoms with E-state index in [4.69, 9.17) is 16.8 Å². The SMILES string of the molecule is CCNC(=S)Nc1ncnc2nc(Cc3ccc(S(=O)(=O)O)cc3)[nH]c12. The summed E-state index contributed by atoms with van der Waals surface area (Å²) in [6.45, 7) is 2.62. The van der Waals surface area contributed by atoms with Crippen molar-refractivity contribution < 1.29 is 13.0 Å². The number of H-pyrrole nitrogens is 1. The van der Waals surface area contributed by atoms with Gasteiger partial charge in [-0.15, -0.1) is 0 Å². The maximum Gasteiger partial charge on any atom is 0.294 e. The van der Waals surface area contributed by atoms with Crippen molar-refractivity contribution in [2.75, 3.05) is 11.9 Å². The third-order valence-corrected chi connectivity index (χ3v) is 4.61. The van der Waals surface area contributed by atoms with Crippen molar-refractivity contribution >= 4 is 44.4 Å². The molecule has 4 N–H and O–H groups in total. The molecule has 0 saturated carbocycles. The number of benzene rings is 1. The summed E-state index contributed by atoms with van der Waals surface area (Å²) in [7, 11) is -4.20. The Balaban J connectivity index is 1.84. The molecule has 0 saturated heterocycles. The Morgan fingerprint density at radius 2 is 2.00 bits per heavy atom. The zero-order valence-corrected chi connectivity index (χ0v) is 15.4. The Hall–Kier alpha value is -2.63. The highest BCUT2D eigenvalue weighted by Gasteiger charge is 2.12. The number of imidazole rings is 1. The van der Waals surface area contributed by atoms with Crippen LogP contribution >= 0.6 is 12.2 Å². The molecule has 9 nitrogen and oxygen atoms in total. The second-order valence-electron chi connectivity index (χ2n) is 5.38. The predicted molar refractivity (Wildman–Crippen MR) is 101 cm³/mol. The molecule has 0 atom stereocenters. The fourth-order valence-corrected chi connectivity index (χ4v) is 3.06. The summed E-state index contributed by atoms with van der Waals surface area (Å²) in [5.74, 6) is 1.15. The second-order valence-corrected chi connectivity index (χ2v) is 7.21. The van der Waals surface area contributed by atoms with Crippen LogP contribution in [-0.4, -0.2) is 44.6 Å². The first-order valence-corrected chi connectivity index (χ1v) is 9.52. The Morgan fingerprint density at radius 3 is 2.65 bits per heavy atom. The summed E-state index contributed by atoms with van der Waals surface area (Å²) in [6, 6.07) is 5.91. The Morgan fingerprint density at radius 1 is 1.27 bits per heavy atom. The highest BCUT2D eigenvalue weighted by atomic mass is 32.2. The summed E-state index contributed by atoms with van der Waals surface area (Å²) < 4.78 is 31.2. The van der Waals surface area contributed by atoms with Crippen LogP contribution in [0.2, 0.25) is 0 Å². The molecule has 11 heteroatoms. The molecule has 0 aliphatic carbocycles. The Bertz CT molecular complexity index is 1050. The van der Waals surface area contributed by atoms with E-state index in [1.807, 2.05) is 6.92 Å². The minimum absolute atomic E-state index is 0.153. The second kappa shape index (κ2) is 7.32. The normalized spacial score (nSPS) is 11.5. The van der Waals surface area contributed by atoms with E-state index in [1.165, 1.54) is 18.5 Å². The zero-order chi connectivity index (χ0) is 18.7. The quantitative estimate of drug-likeness (QED) is 0.376. The van der Waals surface area contributed by atoms with Gasteiger partial charge in [0.2, 0.25) is 0 Å². The number of thiocarbonyl (C=S) groups is 1. The summed E-state index contributed by atoms with van der Waals surface area (Å²) >= 11 is 5.17. The van der Waals surface area contributed by atoms with E-state index in [2.05, 4.69) is 30.6 Å². The van der Waals surface area contributed by atoms with E-state index in [0.29, 0.717) is 40.9 Å². The van der Waals surface area contributed by atoms with Crippen molar-refractivity contribution in [1.82, 2.24) is 25.3 Å². The van der Waals surface area contributed by atoms with Crippen LogP contribution in [0.25, 0.3) is 11.2 Å². The number of nitrogens with one attached hydrogen (secondary N) is 3. The van der Waals surface area contributed by atoms with Gasteiger partial charge >= 0.3 is 0 Å². The van der Waals surface area contributed by atoms with Gasteiger partial charge in [-0.3, -0.25) is 4.55 Å². The van der Waals surface area contributed by atoms with Crippen LogP contribution in [0.4, 0.5) is 5.82 Å². The van der Waals surface area contributed by atoms with Crippen LogP contribution in [0, 0.1) is 0 Å². The maximum absolute atomic E-state index is 11.1. The molecule has 26 heavy (non-hydrogen) atoms. The van der Waals surface area contributed by atoms with E-state index >= 15 is 0 Å². The monoisotopic (exact) mass is 392 g/mol. The fourth-order valence-electron chi connectivity index (χ4n) is 2.34. The Labute approximate surface area is 155 Å². The third kappa shape index (κ3) is 4.12. The molecule has 0 aliphatic heterocycles. The first-order valence-electron chi connectivity index (χ1n) is 7.67. The average molecular weight is 392 g/mol. The number of aromatic nitrogens is 4. The zero-order valence-electron chi connectivity index (χ0n) is 13.7. The van der Waals surface area contributed by atoms with Gasteiger partial charge in [0.15, 0.2) is 16.6 Å². The molecule has 0 amide bonds. The smallest absolute Gasteiger partial charge is 0.294 e. The van der Waals surface area contributed by atoms with E-state index in [0.717, 1.165) is 5.56 Å². The minimum Gasteiger partial charge on any atom is -0.363 e. The van der Waals surface area contributed by atoms with Gasteiger partial charge in [-0.2, -0.15) is 8.42 Å². The van der Waals surface area contributed by atoms with Crippen molar-refractivity contribution in [3.63, 3.8) is 0 Å². The lowest BCUT2D eigenvalue weighted by Gasteiger charge is -2.07. The molecular formula is C15H16N6O3S2. The summed E-state index contributed by atoms with van der Waals surface area (Å²) in [6.07, 6.45) is 1.82. The number of rotatable bonds is 5. The van der Waals surface area contributed by atoms with Gasteiger partial charge in [0.1, 0.15) is 17.7 Å². The summed E-state index contributed by atoms with van der Waals surface area (Å²) in [4.78, 5) is 15.7. The van der Waals surface area contributed by atoms with Gasteiger partial charge < -0.3 is 15.6 Å². The minimum atomic E-state index is -4.20. The predicted octanol–water partition coefficient (Wildman–Crippen LogP) is 1.50. The molecule has 136 valence electrons. The van der Waals surface area contributed by atoms with Crippen molar-refractivity contribution in [3.05, 3.63) is 42.0 Å². The number of aromatic amines is 1. The van der Waals surface area contributed by atoms with Gasteiger partial charge in [0.05, 0.1) is 4.90 Å². The van der Waals surface area contributed by atoms with Crippen molar-refractivity contribution in [2.45, 2.75) is 18.2 Å². The van der Waals surface area contributed by atoms with E-state index < -0.39 is 10.1 Å². The molecule has 1 aromatic carbocycles. The van der Waals surface area contributed by atoms with Crippen LogP contribution in [0.3, 0.4) is 0 Å². The molecule has 0 radical (unpaired) electrons. The lowest BCUT2D eigenvalue weighted by Crippen LogP contribution is -2.28. The molecule has 0 aliphatic rings. The summed E-state index contributed by atoms with van der Waals surface area (Å²) in [5, 5.41) is 6.42. The molecule has 0 bridgehead atoms. The number of fused-ring (bicyclic) bond motifs is 1. The van der Waals surface area contributed by atoms with E-state index in [9.17, 15) is 8.42 Å². The van der Waals surface area contributed by atoms with Crippen LogP contribution in [0.1, 0.15) is 18.3 Å². The summed E-state index contributed by atoms with van der Waals surface area (Å²) in [5.41, 5.74) is 1.94. The van der Waals surface area contributed by atoms with Crippen molar-refractivity contribution in [2.24, 2.45) is 0 Å². The largest absolute Gasteiger partial charge is 0.363 e. The van der Waals surface area contributed by atoms with Gasteiger partial charge in [-0.05, 0) is 36.8 Å². The molecule has 0 unspecified atom stereocenters. The lowest BCUT2D eigenvalue weighted by molar-refractivity contribution is 0.483. The highest BCUT2D eigenvalue weighted by molar-refractivity contribution is 7.85. The number of anilines is 1. The van der Waals surface area contributed by atoms with Crippen molar-refractivity contribution in [1.29, 1.82) is 0 Å². The van der Waals surface area contributed by atoms with Gasteiger partial charge in [-0.1, -0.05) is 12.1 Å². The first kappa shape index (κ1) is 18.2. The fraction of sp³-hybridized carbons (Fsp3) is 0.200. The third-order valence-electron chi connectivity index (χ3n) is 3.50. The van der Waals surface area contributed by atoms with Gasteiger partial charge in [0.25, 0.3) is 10.1 Å². The molecule has 0 spiro atoms. The topological polar surface area (TPSA) is 133 Å². The number of nitrogens with zero attached hydrogens (tertiary/aromatic N) is 3. The van der Waals surface area contributed by atoms with Crippen LogP contribution in [0.5, 0.6) is 0 Å². The van der Waals surface area contributed by atoms with E-state index in [-0.39, 0.29) is 4.90 Å². The molecule has 3 aromatic rings. The van der Waals surface area contributed by atoms with E-state index in [1.54, 1.807) is 12.1 Å². The molecule has 2 aromatic heterocycles. The van der Waals surface area contributed by atoms with Gasteiger partial charge in [-0.25, -0.2) is 15.0 Å². The maximum atomic E-state index is 11.1. The van der Waals surface area contributed by atoms with Crippen LogP contribution < -0.4 is 10.6 Å². The molecule has 3 rings (SSSR count). The standard InChI is InChI=1S/C15H16N6O3S2/c1-2-16-15(25)21-14-12-13(17-8-18-14)20-11(19-12)7-9-3-5-10(6-4-9)26(22,23)24/h3-6,8H,2,7H2,1H3,(H,22,23,24)(H3,16,17,18,19,20,21,25). The average Bonchev–Trinajstić information content (AvgIpc) is 2.98. The molecular weight excluding hydrogens is 376 g/mol. The number of hydrogen-bond acceptors (Lipinski definition) is 6. The van der Waals surface area contributed by atoms with Crippen LogP contribution in [-0.2, 0) is 16.5 Å². The number of hydrogen-bond donors (Lipinski definition) is 4. The van der Waals surface area contributed by atoms with Crippen LogP contribution in [0.15, 0.2) is 35.5 Å². The highest BCUT2D eigenvalue weighted by Crippen LogP contribution is 2.19. The molecule has 2 heterocycles.